The number of nitrogens with zero attached hydrogens (tertiary/aromatic N) is 3. The number of aromatic nitrogens is 2. The lowest BCUT2D eigenvalue weighted by atomic mass is 10.1. The molecule has 35 heavy (non-hydrogen) atoms. The highest BCUT2D eigenvalue weighted by molar-refractivity contribution is 6.02. The van der Waals surface area contributed by atoms with Crippen LogP contribution in [0.2, 0.25) is 0 Å². The van der Waals surface area contributed by atoms with Gasteiger partial charge in [-0.2, -0.15) is 10.4 Å². The number of para-hydroxylation sites is 1. The van der Waals surface area contributed by atoms with Crippen LogP contribution in [0.3, 0.4) is 0 Å². The van der Waals surface area contributed by atoms with Crippen molar-refractivity contribution in [3.8, 4) is 28.8 Å². The number of benzene rings is 3. The summed E-state index contributed by atoms with van der Waals surface area (Å²) in [5, 5.41) is 17.0. The van der Waals surface area contributed by atoms with Crippen LogP contribution < -0.4 is 10.1 Å². The Kier molecular flexibility index (Phi) is 7.34. The normalized spacial score (nSPS) is 11.1. The monoisotopic (exact) mass is 466 g/mol. The summed E-state index contributed by atoms with van der Waals surface area (Å²) in [5.41, 5.74) is 3.65. The van der Waals surface area contributed by atoms with E-state index in [9.17, 15) is 14.4 Å². The first-order chi connectivity index (χ1) is 17.1. The summed E-state index contributed by atoms with van der Waals surface area (Å²) in [6.07, 6.45) is 3.33. The van der Waals surface area contributed by atoms with Crippen LogP contribution in [-0.2, 0) is 11.4 Å². The van der Waals surface area contributed by atoms with Crippen LogP contribution in [0, 0.1) is 17.1 Å². The van der Waals surface area contributed by atoms with Crippen LogP contribution >= 0.6 is 0 Å². The molecule has 0 saturated carbocycles. The van der Waals surface area contributed by atoms with Gasteiger partial charge in [-0.15, -0.1) is 0 Å². The van der Waals surface area contributed by atoms with E-state index in [1.807, 2.05) is 60.7 Å². The molecule has 0 radical (unpaired) electrons. The van der Waals surface area contributed by atoms with E-state index in [4.69, 9.17) is 9.84 Å². The minimum absolute atomic E-state index is 0.00979. The number of halogens is 1. The van der Waals surface area contributed by atoms with Gasteiger partial charge in [0.1, 0.15) is 35.5 Å². The van der Waals surface area contributed by atoms with E-state index < -0.39 is 5.91 Å². The zero-order chi connectivity index (χ0) is 24.6. The molecular formula is C28H23FN4O2. The summed E-state index contributed by atoms with van der Waals surface area (Å²) >= 11 is 0. The minimum Gasteiger partial charge on any atom is -0.489 e. The summed E-state index contributed by atoms with van der Waals surface area (Å²) < 4.78 is 20.8. The predicted molar refractivity (Wildman–Crippen MR) is 132 cm³/mol. The summed E-state index contributed by atoms with van der Waals surface area (Å²) in [7, 11) is 0. The van der Waals surface area contributed by atoms with E-state index in [0.29, 0.717) is 23.6 Å². The highest BCUT2D eigenvalue weighted by atomic mass is 19.1. The van der Waals surface area contributed by atoms with E-state index in [-0.39, 0.29) is 18.0 Å². The van der Waals surface area contributed by atoms with Gasteiger partial charge in [-0.3, -0.25) is 4.79 Å². The molecule has 4 aromatic rings. The first kappa shape index (κ1) is 23.5. The maximum absolute atomic E-state index is 13.2. The van der Waals surface area contributed by atoms with E-state index >= 15 is 0 Å². The van der Waals surface area contributed by atoms with Crippen molar-refractivity contribution in [1.29, 1.82) is 5.26 Å². The summed E-state index contributed by atoms with van der Waals surface area (Å²) in [5.74, 6) is -0.125. The number of ether oxygens (including phenoxy) is 1. The number of nitriles is 1. The van der Waals surface area contributed by atoms with Gasteiger partial charge in [0.05, 0.1) is 5.69 Å². The third kappa shape index (κ3) is 5.81. The summed E-state index contributed by atoms with van der Waals surface area (Å²) in [6.45, 7) is 2.50. The highest BCUT2D eigenvalue weighted by Gasteiger charge is 2.15. The van der Waals surface area contributed by atoms with Gasteiger partial charge in [0, 0.05) is 23.9 Å². The number of rotatable bonds is 8. The second kappa shape index (κ2) is 10.9. The van der Waals surface area contributed by atoms with Gasteiger partial charge in [0.15, 0.2) is 0 Å². The molecule has 0 aliphatic heterocycles. The van der Waals surface area contributed by atoms with Gasteiger partial charge in [-0.25, -0.2) is 9.07 Å². The van der Waals surface area contributed by atoms with Crippen molar-refractivity contribution in [3.63, 3.8) is 0 Å². The Hall–Kier alpha value is -4.70. The first-order valence-electron chi connectivity index (χ1n) is 11.1. The number of nitrogens with one attached hydrogen (secondary N) is 1. The number of carbonyl (C=O) groups is 1. The molecule has 4 rings (SSSR count). The Morgan fingerprint density at radius 2 is 1.89 bits per heavy atom. The molecule has 0 atom stereocenters. The molecule has 0 spiro atoms. The number of amides is 1. The van der Waals surface area contributed by atoms with Gasteiger partial charge >= 0.3 is 0 Å². The molecule has 174 valence electrons. The number of hydrogen-bond donors (Lipinski definition) is 1. The number of hydrogen-bond acceptors (Lipinski definition) is 4. The standard InChI is InChI=1S/C28H23FN4O2/c1-2-31-28(34)22(17-30)15-23-18-33(25-8-4-3-5-9-25)32-27(23)21-7-6-10-26(16-21)35-19-20-11-13-24(29)14-12-20/h3-16,18H,2,19H2,1H3,(H,31,34). The van der Waals surface area contributed by atoms with Crippen molar-refractivity contribution in [2.45, 2.75) is 13.5 Å². The van der Waals surface area contributed by atoms with Gasteiger partial charge in [-0.05, 0) is 55.0 Å². The van der Waals surface area contributed by atoms with Crippen molar-refractivity contribution in [1.82, 2.24) is 15.1 Å². The zero-order valence-electron chi connectivity index (χ0n) is 19.1. The Labute approximate surface area is 202 Å². The molecule has 0 aliphatic carbocycles. The maximum Gasteiger partial charge on any atom is 0.261 e. The fraction of sp³-hybridized carbons (Fsp3) is 0.107. The fourth-order valence-corrected chi connectivity index (χ4v) is 3.47. The topological polar surface area (TPSA) is 79.9 Å². The average Bonchev–Trinajstić information content (AvgIpc) is 3.32. The van der Waals surface area contributed by atoms with Crippen molar-refractivity contribution >= 4 is 12.0 Å². The Balaban J connectivity index is 1.70. The second-order valence-corrected chi connectivity index (χ2v) is 7.69. The lowest BCUT2D eigenvalue weighted by molar-refractivity contribution is -0.116. The summed E-state index contributed by atoms with van der Waals surface area (Å²) in [4.78, 5) is 12.3. The van der Waals surface area contributed by atoms with Crippen LogP contribution in [0.15, 0.2) is 90.6 Å². The van der Waals surface area contributed by atoms with E-state index in [1.54, 1.807) is 36.0 Å². The SMILES string of the molecule is CCNC(=O)C(C#N)=Cc1cn(-c2ccccc2)nc1-c1cccc(OCc2ccc(F)cc2)c1. The Morgan fingerprint density at radius 1 is 1.11 bits per heavy atom. The Bertz CT molecular complexity index is 1390. The van der Waals surface area contributed by atoms with Crippen LogP contribution in [-0.4, -0.2) is 22.2 Å². The fourth-order valence-electron chi connectivity index (χ4n) is 3.47. The third-order valence-electron chi connectivity index (χ3n) is 5.19. The minimum atomic E-state index is -0.440. The molecule has 0 saturated heterocycles. The molecular weight excluding hydrogens is 443 g/mol. The van der Waals surface area contributed by atoms with Gasteiger partial charge in [0.25, 0.3) is 5.91 Å². The van der Waals surface area contributed by atoms with Gasteiger partial charge in [0.2, 0.25) is 0 Å². The van der Waals surface area contributed by atoms with Crippen molar-refractivity contribution < 1.29 is 13.9 Å². The predicted octanol–water partition coefficient (Wildman–Crippen LogP) is 5.30. The maximum atomic E-state index is 13.2. The van der Waals surface area contributed by atoms with Crippen LogP contribution in [0.5, 0.6) is 5.75 Å². The van der Waals surface area contributed by atoms with Gasteiger partial charge in [-0.1, -0.05) is 42.5 Å². The third-order valence-corrected chi connectivity index (χ3v) is 5.19. The molecule has 1 heterocycles. The molecule has 1 N–H and O–H groups in total. The van der Waals surface area contributed by atoms with Crippen LogP contribution in [0.4, 0.5) is 4.39 Å². The molecule has 0 fully saturated rings. The summed E-state index contributed by atoms with van der Waals surface area (Å²) in [6, 6.07) is 25.1. The van der Waals surface area contributed by atoms with Crippen molar-refractivity contribution in [3.05, 3.63) is 108 Å². The molecule has 1 aromatic heterocycles. The molecule has 1 amide bonds. The first-order valence-corrected chi connectivity index (χ1v) is 11.1. The van der Waals surface area contributed by atoms with Crippen LogP contribution in [0.1, 0.15) is 18.1 Å². The van der Waals surface area contributed by atoms with E-state index in [2.05, 4.69) is 5.32 Å². The zero-order valence-corrected chi connectivity index (χ0v) is 19.1. The van der Waals surface area contributed by atoms with E-state index in [0.717, 1.165) is 16.8 Å². The Morgan fingerprint density at radius 3 is 2.60 bits per heavy atom. The average molecular weight is 467 g/mol. The molecule has 0 aliphatic rings. The molecule has 6 nitrogen and oxygen atoms in total. The van der Waals surface area contributed by atoms with Gasteiger partial charge < -0.3 is 10.1 Å². The van der Waals surface area contributed by atoms with Crippen molar-refractivity contribution in [2.75, 3.05) is 6.54 Å². The quantitative estimate of drug-likeness (QED) is 0.282. The lowest BCUT2D eigenvalue weighted by Crippen LogP contribution is -2.23. The molecule has 0 unspecified atom stereocenters. The molecule has 7 heteroatoms. The second-order valence-electron chi connectivity index (χ2n) is 7.69. The smallest absolute Gasteiger partial charge is 0.261 e. The van der Waals surface area contributed by atoms with Crippen LogP contribution in [0.25, 0.3) is 23.0 Å². The molecule has 0 bridgehead atoms. The van der Waals surface area contributed by atoms with Crippen molar-refractivity contribution in [2.24, 2.45) is 0 Å². The highest BCUT2D eigenvalue weighted by Crippen LogP contribution is 2.29. The largest absolute Gasteiger partial charge is 0.489 e. The molecule has 3 aromatic carbocycles. The number of carbonyl (C=O) groups excluding carboxylic acids is 1. The lowest BCUT2D eigenvalue weighted by Gasteiger charge is -2.08. The van der Waals surface area contributed by atoms with E-state index in [1.165, 1.54) is 12.1 Å². The number of likely N-dealkylation sites (N-methyl/N-ethyl adjacent to an activating group) is 1.